The van der Waals surface area contributed by atoms with Gasteiger partial charge < -0.3 is 4.90 Å². The minimum absolute atomic E-state index is 0.999. The van der Waals surface area contributed by atoms with Crippen molar-refractivity contribution in [2.75, 3.05) is 18.0 Å². The van der Waals surface area contributed by atoms with E-state index in [4.69, 9.17) is 0 Å². The highest BCUT2D eigenvalue weighted by Crippen LogP contribution is 2.18. The van der Waals surface area contributed by atoms with Crippen LogP contribution in [-0.2, 0) is 0 Å². The van der Waals surface area contributed by atoms with E-state index in [1.807, 2.05) is 13.1 Å². The first-order valence-corrected chi connectivity index (χ1v) is 4.40. The van der Waals surface area contributed by atoms with Crippen LogP contribution in [-0.4, -0.2) is 23.3 Å². The number of aromatic nitrogens is 2. The number of nitrogens with zero attached hydrogens (tertiary/aromatic N) is 3. The Labute approximate surface area is 72.4 Å². The largest absolute Gasteiger partial charge is 0.370 e. The number of hydrogen-bond acceptors (Lipinski definition) is 3. The summed E-state index contributed by atoms with van der Waals surface area (Å²) in [6.45, 7) is 4.32. The van der Waals surface area contributed by atoms with Gasteiger partial charge in [-0.2, -0.15) is 10.2 Å². The number of aryl methyl sites for hydroxylation is 1. The third-order valence-corrected chi connectivity index (χ3v) is 2.23. The molecule has 1 fully saturated rings. The fourth-order valence-corrected chi connectivity index (χ4v) is 1.61. The highest BCUT2D eigenvalue weighted by atomic mass is 15.2. The minimum atomic E-state index is 0.999. The molecule has 1 aliphatic heterocycles. The van der Waals surface area contributed by atoms with Crippen molar-refractivity contribution in [2.45, 2.75) is 19.8 Å². The van der Waals surface area contributed by atoms with Crippen molar-refractivity contribution in [1.82, 2.24) is 10.2 Å². The van der Waals surface area contributed by atoms with Gasteiger partial charge in [-0.3, -0.25) is 0 Å². The van der Waals surface area contributed by atoms with Crippen LogP contribution in [0.2, 0.25) is 0 Å². The van der Waals surface area contributed by atoms with Crippen molar-refractivity contribution in [1.29, 1.82) is 0 Å². The van der Waals surface area contributed by atoms with Gasteiger partial charge in [0.15, 0.2) is 0 Å². The maximum atomic E-state index is 3.94. The molecule has 1 aliphatic rings. The summed E-state index contributed by atoms with van der Waals surface area (Å²) in [5.41, 5.74) is 2.22. The van der Waals surface area contributed by atoms with Gasteiger partial charge in [-0.25, -0.2) is 0 Å². The van der Waals surface area contributed by atoms with Crippen molar-refractivity contribution in [2.24, 2.45) is 0 Å². The van der Waals surface area contributed by atoms with Crippen LogP contribution >= 0.6 is 0 Å². The summed E-state index contributed by atoms with van der Waals surface area (Å²) in [6.07, 6.45) is 4.46. The molecule has 1 aromatic heterocycles. The van der Waals surface area contributed by atoms with E-state index >= 15 is 0 Å². The van der Waals surface area contributed by atoms with E-state index in [1.165, 1.54) is 31.6 Å². The van der Waals surface area contributed by atoms with Crippen LogP contribution in [0.15, 0.2) is 12.3 Å². The van der Waals surface area contributed by atoms with Crippen molar-refractivity contribution in [3.05, 3.63) is 18.0 Å². The Morgan fingerprint density at radius 2 is 2.08 bits per heavy atom. The van der Waals surface area contributed by atoms with E-state index in [2.05, 4.69) is 21.2 Å². The molecule has 1 saturated heterocycles. The molecule has 0 atom stereocenters. The van der Waals surface area contributed by atoms with Gasteiger partial charge in [0.1, 0.15) is 0 Å². The Balaban J connectivity index is 2.21. The van der Waals surface area contributed by atoms with Crippen LogP contribution in [0.4, 0.5) is 5.69 Å². The average molecular weight is 163 g/mol. The molecule has 1 aromatic rings. The lowest BCUT2D eigenvalue weighted by Gasteiger charge is -2.16. The molecule has 12 heavy (non-hydrogen) atoms. The van der Waals surface area contributed by atoms with Crippen molar-refractivity contribution in [3.8, 4) is 0 Å². The summed E-state index contributed by atoms with van der Waals surface area (Å²) in [6, 6.07) is 2.10. The maximum Gasteiger partial charge on any atom is 0.0730 e. The lowest BCUT2D eigenvalue weighted by atomic mass is 10.3. The Morgan fingerprint density at radius 3 is 2.75 bits per heavy atom. The second-order valence-electron chi connectivity index (χ2n) is 3.25. The van der Waals surface area contributed by atoms with Crippen LogP contribution < -0.4 is 4.90 Å². The molecule has 64 valence electrons. The molecular formula is C9H13N3. The first-order valence-electron chi connectivity index (χ1n) is 4.40. The second kappa shape index (κ2) is 3.09. The Hall–Kier alpha value is -1.12. The Bertz CT molecular complexity index is 266. The van der Waals surface area contributed by atoms with Gasteiger partial charge >= 0.3 is 0 Å². The van der Waals surface area contributed by atoms with Gasteiger partial charge in [0.2, 0.25) is 0 Å². The molecule has 0 aromatic carbocycles. The second-order valence-corrected chi connectivity index (χ2v) is 3.25. The van der Waals surface area contributed by atoms with Crippen LogP contribution in [0.25, 0.3) is 0 Å². The molecule has 0 aliphatic carbocycles. The summed E-state index contributed by atoms with van der Waals surface area (Å²) in [5.74, 6) is 0. The molecule has 0 amide bonds. The fourth-order valence-electron chi connectivity index (χ4n) is 1.61. The molecule has 3 heteroatoms. The average Bonchev–Trinajstić information content (AvgIpc) is 2.56. The SMILES string of the molecule is Cc1cc(N2CCCC2)cnn1. The quantitative estimate of drug-likeness (QED) is 0.626. The van der Waals surface area contributed by atoms with Gasteiger partial charge in [-0.15, -0.1) is 0 Å². The molecule has 2 rings (SSSR count). The van der Waals surface area contributed by atoms with Crippen LogP contribution in [0.5, 0.6) is 0 Å². The van der Waals surface area contributed by atoms with E-state index in [0.29, 0.717) is 0 Å². The summed E-state index contributed by atoms with van der Waals surface area (Å²) in [4.78, 5) is 2.36. The van der Waals surface area contributed by atoms with E-state index in [0.717, 1.165) is 5.69 Å². The van der Waals surface area contributed by atoms with Crippen LogP contribution in [0, 0.1) is 6.92 Å². The maximum absolute atomic E-state index is 3.94. The topological polar surface area (TPSA) is 29.0 Å². The molecule has 3 nitrogen and oxygen atoms in total. The number of anilines is 1. The van der Waals surface area contributed by atoms with Crippen molar-refractivity contribution >= 4 is 5.69 Å². The number of hydrogen-bond donors (Lipinski definition) is 0. The molecule has 2 heterocycles. The third-order valence-electron chi connectivity index (χ3n) is 2.23. The Kier molecular flexibility index (Phi) is 1.94. The van der Waals surface area contributed by atoms with Crippen LogP contribution in [0.3, 0.4) is 0 Å². The highest BCUT2D eigenvalue weighted by molar-refractivity contribution is 5.45. The van der Waals surface area contributed by atoms with Gasteiger partial charge in [-0.05, 0) is 25.8 Å². The number of rotatable bonds is 1. The predicted molar refractivity (Wildman–Crippen MR) is 48.2 cm³/mol. The molecular weight excluding hydrogens is 150 g/mol. The lowest BCUT2D eigenvalue weighted by Crippen LogP contribution is -2.17. The highest BCUT2D eigenvalue weighted by Gasteiger charge is 2.12. The van der Waals surface area contributed by atoms with Gasteiger partial charge in [0, 0.05) is 13.1 Å². The zero-order chi connectivity index (χ0) is 8.39. The van der Waals surface area contributed by atoms with Gasteiger partial charge in [0.05, 0.1) is 17.6 Å². The standard InChI is InChI=1S/C9H13N3/c1-8-6-9(7-10-11-8)12-4-2-3-5-12/h6-7H,2-5H2,1H3. The van der Waals surface area contributed by atoms with E-state index in [1.54, 1.807) is 0 Å². The molecule has 0 unspecified atom stereocenters. The zero-order valence-corrected chi connectivity index (χ0v) is 7.32. The van der Waals surface area contributed by atoms with Gasteiger partial charge in [-0.1, -0.05) is 0 Å². The fraction of sp³-hybridized carbons (Fsp3) is 0.556. The molecule has 0 radical (unpaired) electrons. The molecule has 0 saturated carbocycles. The van der Waals surface area contributed by atoms with E-state index in [9.17, 15) is 0 Å². The first kappa shape index (κ1) is 7.53. The molecule has 0 bridgehead atoms. The monoisotopic (exact) mass is 163 g/mol. The molecule has 0 spiro atoms. The summed E-state index contributed by atoms with van der Waals surface area (Å²) >= 11 is 0. The third kappa shape index (κ3) is 1.40. The smallest absolute Gasteiger partial charge is 0.0730 e. The summed E-state index contributed by atoms with van der Waals surface area (Å²) < 4.78 is 0. The first-order chi connectivity index (χ1) is 5.86. The lowest BCUT2D eigenvalue weighted by molar-refractivity contribution is 0.919. The zero-order valence-electron chi connectivity index (χ0n) is 7.32. The predicted octanol–water partition coefficient (Wildman–Crippen LogP) is 1.39. The van der Waals surface area contributed by atoms with E-state index < -0.39 is 0 Å². The normalized spacial score (nSPS) is 16.9. The van der Waals surface area contributed by atoms with Gasteiger partial charge in [0.25, 0.3) is 0 Å². The van der Waals surface area contributed by atoms with Crippen LogP contribution in [0.1, 0.15) is 18.5 Å². The summed E-state index contributed by atoms with van der Waals surface area (Å²) in [7, 11) is 0. The summed E-state index contributed by atoms with van der Waals surface area (Å²) in [5, 5.41) is 7.87. The van der Waals surface area contributed by atoms with Crippen molar-refractivity contribution < 1.29 is 0 Å². The minimum Gasteiger partial charge on any atom is -0.370 e. The molecule has 0 N–H and O–H groups in total. The Morgan fingerprint density at radius 1 is 1.33 bits per heavy atom. The van der Waals surface area contributed by atoms with Crippen molar-refractivity contribution in [3.63, 3.8) is 0 Å². The van der Waals surface area contributed by atoms with E-state index in [-0.39, 0.29) is 0 Å².